The molecule has 152 valence electrons. The van der Waals surface area contributed by atoms with E-state index < -0.39 is 0 Å². The van der Waals surface area contributed by atoms with Crippen LogP contribution in [0.3, 0.4) is 0 Å². The fourth-order valence-corrected chi connectivity index (χ4v) is 3.68. The van der Waals surface area contributed by atoms with E-state index in [1.807, 2.05) is 37.3 Å². The highest BCUT2D eigenvalue weighted by atomic mass is 16.5. The molecule has 6 nitrogen and oxygen atoms in total. The Bertz CT molecular complexity index is 894. The molecule has 0 saturated carbocycles. The lowest BCUT2D eigenvalue weighted by atomic mass is 10.1. The summed E-state index contributed by atoms with van der Waals surface area (Å²) in [7, 11) is 0. The molecule has 1 saturated heterocycles. The molecule has 6 heteroatoms. The van der Waals surface area contributed by atoms with E-state index in [1.165, 1.54) is 0 Å². The number of carbonyl (C=O) groups is 2. The van der Waals surface area contributed by atoms with Crippen LogP contribution < -0.4 is 19.7 Å². The van der Waals surface area contributed by atoms with Crippen LogP contribution in [0.15, 0.2) is 42.5 Å². The molecule has 4 rings (SSSR count). The van der Waals surface area contributed by atoms with Gasteiger partial charge in [0.2, 0.25) is 5.91 Å². The summed E-state index contributed by atoms with van der Waals surface area (Å²) in [6.45, 7) is 3.96. The molecule has 0 spiro atoms. The van der Waals surface area contributed by atoms with Crippen LogP contribution in [-0.2, 0) is 4.79 Å². The third-order valence-corrected chi connectivity index (χ3v) is 5.38. The van der Waals surface area contributed by atoms with Gasteiger partial charge < -0.3 is 19.7 Å². The Morgan fingerprint density at radius 3 is 2.52 bits per heavy atom. The number of ether oxygens (including phenoxy) is 2. The third kappa shape index (κ3) is 4.36. The van der Waals surface area contributed by atoms with E-state index in [4.69, 9.17) is 9.47 Å². The number of amides is 2. The SMILES string of the molecule is CC(NC(=O)c1ccc(N2CCCCC2=O)cc1)c1ccc2c(c1)OCCCO2. The Kier molecular flexibility index (Phi) is 5.69. The van der Waals surface area contributed by atoms with Gasteiger partial charge in [-0.05, 0) is 61.7 Å². The summed E-state index contributed by atoms with van der Waals surface area (Å²) in [5.41, 5.74) is 2.37. The van der Waals surface area contributed by atoms with Gasteiger partial charge in [-0.2, -0.15) is 0 Å². The molecule has 0 aromatic heterocycles. The number of nitrogens with zero attached hydrogens (tertiary/aromatic N) is 1. The van der Waals surface area contributed by atoms with Gasteiger partial charge in [0.1, 0.15) is 0 Å². The smallest absolute Gasteiger partial charge is 0.251 e. The van der Waals surface area contributed by atoms with Crippen molar-refractivity contribution in [1.82, 2.24) is 5.32 Å². The highest BCUT2D eigenvalue weighted by Crippen LogP contribution is 2.32. The number of rotatable bonds is 4. The summed E-state index contributed by atoms with van der Waals surface area (Å²) < 4.78 is 11.4. The van der Waals surface area contributed by atoms with E-state index in [-0.39, 0.29) is 17.9 Å². The first-order valence-electron chi connectivity index (χ1n) is 10.2. The lowest BCUT2D eigenvalue weighted by Gasteiger charge is -2.26. The molecular formula is C23H26N2O4. The van der Waals surface area contributed by atoms with Crippen molar-refractivity contribution in [3.63, 3.8) is 0 Å². The Morgan fingerprint density at radius 1 is 1.00 bits per heavy atom. The molecule has 29 heavy (non-hydrogen) atoms. The van der Waals surface area contributed by atoms with Crippen molar-refractivity contribution in [2.75, 3.05) is 24.7 Å². The summed E-state index contributed by atoms with van der Waals surface area (Å²) >= 11 is 0. The van der Waals surface area contributed by atoms with Gasteiger partial charge in [0, 0.05) is 30.6 Å². The minimum atomic E-state index is -0.178. The van der Waals surface area contributed by atoms with Crippen molar-refractivity contribution in [2.24, 2.45) is 0 Å². The maximum Gasteiger partial charge on any atom is 0.251 e. The zero-order valence-corrected chi connectivity index (χ0v) is 16.6. The van der Waals surface area contributed by atoms with Crippen molar-refractivity contribution in [3.8, 4) is 11.5 Å². The number of anilines is 1. The number of benzene rings is 2. The van der Waals surface area contributed by atoms with Crippen LogP contribution in [0.1, 0.15) is 54.6 Å². The van der Waals surface area contributed by atoms with Crippen LogP contribution in [0.4, 0.5) is 5.69 Å². The van der Waals surface area contributed by atoms with Gasteiger partial charge in [0.15, 0.2) is 11.5 Å². The van der Waals surface area contributed by atoms with E-state index in [0.29, 0.717) is 25.2 Å². The molecule has 0 aliphatic carbocycles. The summed E-state index contributed by atoms with van der Waals surface area (Å²) in [6.07, 6.45) is 3.42. The number of hydrogen-bond donors (Lipinski definition) is 1. The van der Waals surface area contributed by atoms with Crippen molar-refractivity contribution < 1.29 is 19.1 Å². The van der Waals surface area contributed by atoms with Crippen LogP contribution in [-0.4, -0.2) is 31.6 Å². The number of piperidine rings is 1. The van der Waals surface area contributed by atoms with E-state index in [9.17, 15) is 9.59 Å². The molecule has 2 aliphatic rings. The molecule has 2 aromatic carbocycles. The van der Waals surface area contributed by atoms with Gasteiger partial charge in [-0.15, -0.1) is 0 Å². The Morgan fingerprint density at radius 2 is 1.76 bits per heavy atom. The Balaban J connectivity index is 1.42. The lowest BCUT2D eigenvalue weighted by Crippen LogP contribution is -2.35. The average molecular weight is 394 g/mol. The predicted octanol–water partition coefficient (Wildman–Crippen LogP) is 3.86. The fraction of sp³-hybridized carbons (Fsp3) is 0.391. The highest BCUT2D eigenvalue weighted by Gasteiger charge is 2.20. The molecule has 1 fully saturated rings. The maximum atomic E-state index is 12.7. The highest BCUT2D eigenvalue weighted by molar-refractivity contribution is 5.97. The van der Waals surface area contributed by atoms with E-state index in [2.05, 4.69) is 5.32 Å². The van der Waals surface area contributed by atoms with E-state index >= 15 is 0 Å². The quantitative estimate of drug-likeness (QED) is 0.855. The van der Waals surface area contributed by atoms with E-state index in [0.717, 1.165) is 48.6 Å². The monoisotopic (exact) mass is 394 g/mol. The number of hydrogen-bond acceptors (Lipinski definition) is 4. The second kappa shape index (κ2) is 8.55. The molecule has 2 heterocycles. The number of fused-ring (bicyclic) bond motifs is 1. The molecule has 1 N–H and O–H groups in total. The molecule has 2 aromatic rings. The van der Waals surface area contributed by atoms with Crippen LogP contribution in [0.5, 0.6) is 11.5 Å². The second-order valence-corrected chi connectivity index (χ2v) is 7.50. The third-order valence-electron chi connectivity index (χ3n) is 5.38. The standard InChI is InChI=1S/C23H26N2O4/c1-16(18-8-11-20-21(15-18)29-14-4-13-28-20)24-23(27)17-6-9-19(10-7-17)25-12-3-2-5-22(25)26/h6-11,15-16H,2-5,12-14H2,1H3,(H,24,27). The first kappa shape index (κ1) is 19.3. The average Bonchev–Trinajstić information content (AvgIpc) is 2.99. The van der Waals surface area contributed by atoms with Gasteiger partial charge in [0.05, 0.1) is 19.3 Å². The molecule has 0 bridgehead atoms. The fourth-order valence-electron chi connectivity index (χ4n) is 3.68. The maximum absolute atomic E-state index is 12.7. The predicted molar refractivity (Wildman–Crippen MR) is 111 cm³/mol. The number of carbonyl (C=O) groups excluding carboxylic acids is 2. The molecule has 2 aliphatic heterocycles. The van der Waals surface area contributed by atoms with Gasteiger partial charge in [-0.1, -0.05) is 6.07 Å². The normalized spacial score (nSPS) is 17.4. The van der Waals surface area contributed by atoms with Crippen LogP contribution in [0.2, 0.25) is 0 Å². The topological polar surface area (TPSA) is 67.9 Å². The summed E-state index contributed by atoms with van der Waals surface area (Å²) in [5, 5.41) is 3.03. The molecular weight excluding hydrogens is 368 g/mol. The first-order valence-corrected chi connectivity index (χ1v) is 10.2. The van der Waals surface area contributed by atoms with Crippen LogP contribution in [0.25, 0.3) is 0 Å². The zero-order valence-electron chi connectivity index (χ0n) is 16.6. The molecule has 2 amide bonds. The van der Waals surface area contributed by atoms with Gasteiger partial charge >= 0.3 is 0 Å². The minimum Gasteiger partial charge on any atom is -0.490 e. The summed E-state index contributed by atoms with van der Waals surface area (Å²) in [6, 6.07) is 12.8. The van der Waals surface area contributed by atoms with Gasteiger partial charge in [0.25, 0.3) is 5.91 Å². The second-order valence-electron chi connectivity index (χ2n) is 7.50. The lowest BCUT2D eigenvalue weighted by molar-refractivity contribution is -0.119. The number of nitrogens with one attached hydrogen (secondary N) is 1. The van der Waals surface area contributed by atoms with Crippen molar-refractivity contribution in [2.45, 2.75) is 38.6 Å². The van der Waals surface area contributed by atoms with Gasteiger partial charge in [-0.3, -0.25) is 9.59 Å². The minimum absolute atomic E-state index is 0.150. The largest absolute Gasteiger partial charge is 0.490 e. The molecule has 1 atom stereocenters. The van der Waals surface area contributed by atoms with Crippen molar-refractivity contribution >= 4 is 17.5 Å². The van der Waals surface area contributed by atoms with E-state index in [1.54, 1.807) is 17.0 Å². The molecule has 1 unspecified atom stereocenters. The molecule has 0 radical (unpaired) electrons. The summed E-state index contributed by atoms with van der Waals surface area (Å²) in [5.74, 6) is 1.46. The zero-order chi connectivity index (χ0) is 20.2. The summed E-state index contributed by atoms with van der Waals surface area (Å²) in [4.78, 5) is 26.5. The Hall–Kier alpha value is -3.02. The van der Waals surface area contributed by atoms with Gasteiger partial charge in [-0.25, -0.2) is 0 Å². The van der Waals surface area contributed by atoms with Crippen molar-refractivity contribution in [1.29, 1.82) is 0 Å². The van der Waals surface area contributed by atoms with Crippen LogP contribution in [0, 0.1) is 0 Å². The first-order chi connectivity index (χ1) is 14.1. The van der Waals surface area contributed by atoms with Crippen LogP contribution >= 0.6 is 0 Å². The van der Waals surface area contributed by atoms with Crippen molar-refractivity contribution in [3.05, 3.63) is 53.6 Å². The Labute approximate surface area is 170 Å².